The number of rotatable bonds is 5. The molecule has 1 aromatic carbocycles. The second-order valence-corrected chi connectivity index (χ2v) is 3.90. The molecule has 0 aliphatic rings. The summed E-state index contributed by atoms with van der Waals surface area (Å²) in [5, 5.41) is 2.95. The zero-order valence-corrected chi connectivity index (χ0v) is 10.1. The Morgan fingerprint density at radius 1 is 1.50 bits per heavy atom. The molecule has 1 amide bonds. The number of hydrogen-bond acceptors (Lipinski definition) is 2. The predicted molar refractivity (Wildman–Crippen MR) is 64.8 cm³/mol. The van der Waals surface area contributed by atoms with E-state index in [2.05, 4.69) is 12.2 Å². The largest absolute Gasteiger partial charge is 0.497 e. The van der Waals surface area contributed by atoms with Gasteiger partial charge in [-0.1, -0.05) is 19.4 Å². The van der Waals surface area contributed by atoms with Crippen LogP contribution in [0, 0.1) is 0 Å². The van der Waals surface area contributed by atoms with Gasteiger partial charge in [-0.2, -0.15) is 0 Å². The highest BCUT2D eigenvalue weighted by atomic mass is 16.5. The van der Waals surface area contributed by atoms with E-state index in [0.29, 0.717) is 11.3 Å². The third-order valence-corrected chi connectivity index (χ3v) is 2.43. The zero-order chi connectivity index (χ0) is 12.0. The third-order valence-electron chi connectivity index (χ3n) is 2.43. The molecule has 88 valence electrons. The number of nitrogens with one attached hydrogen (secondary N) is 1. The van der Waals surface area contributed by atoms with E-state index in [1.807, 2.05) is 19.1 Å². The smallest absolute Gasteiger partial charge is 0.251 e. The first-order valence-electron chi connectivity index (χ1n) is 5.62. The molecule has 1 N–H and O–H groups in total. The highest BCUT2D eigenvalue weighted by Gasteiger charge is 2.09. The number of amides is 1. The third kappa shape index (κ3) is 3.57. The Kier molecular flexibility index (Phi) is 4.83. The molecule has 0 spiro atoms. The lowest BCUT2D eigenvalue weighted by Crippen LogP contribution is -2.32. The molecule has 1 unspecified atom stereocenters. The van der Waals surface area contributed by atoms with E-state index in [9.17, 15) is 4.79 Å². The van der Waals surface area contributed by atoms with Crippen molar-refractivity contribution in [1.82, 2.24) is 5.32 Å². The normalized spacial score (nSPS) is 11.9. The van der Waals surface area contributed by atoms with Crippen LogP contribution in [0.4, 0.5) is 0 Å². The maximum Gasteiger partial charge on any atom is 0.251 e. The Morgan fingerprint density at radius 3 is 2.88 bits per heavy atom. The Hall–Kier alpha value is -1.51. The van der Waals surface area contributed by atoms with Gasteiger partial charge in [-0.25, -0.2) is 0 Å². The first kappa shape index (κ1) is 12.6. The molecule has 0 aromatic heterocycles. The lowest BCUT2D eigenvalue weighted by atomic mass is 10.1. The molecule has 16 heavy (non-hydrogen) atoms. The van der Waals surface area contributed by atoms with E-state index >= 15 is 0 Å². The minimum atomic E-state index is -0.0418. The Balaban J connectivity index is 2.65. The highest BCUT2D eigenvalue weighted by molar-refractivity contribution is 5.94. The average molecular weight is 221 g/mol. The van der Waals surface area contributed by atoms with Crippen LogP contribution in [-0.2, 0) is 0 Å². The van der Waals surface area contributed by atoms with E-state index in [0.717, 1.165) is 12.8 Å². The summed E-state index contributed by atoms with van der Waals surface area (Å²) >= 11 is 0. The van der Waals surface area contributed by atoms with Crippen molar-refractivity contribution in [3.05, 3.63) is 29.8 Å². The van der Waals surface area contributed by atoms with Crippen LogP contribution in [0.3, 0.4) is 0 Å². The van der Waals surface area contributed by atoms with Crippen molar-refractivity contribution in [2.45, 2.75) is 32.7 Å². The zero-order valence-electron chi connectivity index (χ0n) is 10.1. The summed E-state index contributed by atoms with van der Waals surface area (Å²) in [5.41, 5.74) is 0.641. The minimum absolute atomic E-state index is 0.0418. The van der Waals surface area contributed by atoms with Crippen LogP contribution in [0.2, 0.25) is 0 Å². The average Bonchev–Trinajstić information content (AvgIpc) is 2.29. The van der Waals surface area contributed by atoms with Gasteiger partial charge in [-0.05, 0) is 31.5 Å². The van der Waals surface area contributed by atoms with E-state index in [1.165, 1.54) is 0 Å². The van der Waals surface area contributed by atoms with Gasteiger partial charge >= 0.3 is 0 Å². The van der Waals surface area contributed by atoms with Crippen molar-refractivity contribution in [1.29, 1.82) is 0 Å². The van der Waals surface area contributed by atoms with Crippen LogP contribution in [0.1, 0.15) is 37.0 Å². The molecular weight excluding hydrogens is 202 g/mol. The fourth-order valence-electron chi connectivity index (χ4n) is 1.58. The van der Waals surface area contributed by atoms with Crippen molar-refractivity contribution < 1.29 is 9.53 Å². The fourth-order valence-corrected chi connectivity index (χ4v) is 1.58. The molecule has 0 saturated heterocycles. The summed E-state index contributed by atoms with van der Waals surface area (Å²) in [4.78, 5) is 11.8. The molecule has 0 radical (unpaired) electrons. The van der Waals surface area contributed by atoms with Gasteiger partial charge in [0.25, 0.3) is 5.91 Å². The molecule has 0 heterocycles. The van der Waals surface area contributed by atoms with Gasteiger partial charge in [0.2, 0.25) is 0 Å². The summed E-state index contributed by atoms with van der Waals surface area (Å²) < 4.78 is 5.08. The second-order valence-electron chi connectivity index (χ2n) is 3.90. The number of methoxy groups -OCH3 is 1. The maximum atomic E-state index is 11.8. The van der Waals surface area contributed by atoms with Crippen molar-refractivity contribution in [3.63, 3.8) is 0 Å². The van der Waals surface area contributed by atoms with Gasteiger partial charge < -0.3 is 10.1 Å². The minimum Gasteiger partial charge on any atom is -0.497 e. The summed E-state index contributed by atoms with van der Waals surface area (Å²) in [6.07, 6.45) is 2.06. The molecule has 1 rings (SSSR count). The molecule has 3 heteroatoms. The molecule has 1 aromatic rings. The molecule has 0 fully saturated rings. The van der Waals surface area contributed by atoms with Crippen molar-refractivity contribution in [3.8, 4) is 5.75 Å². The highest BCUT2D eigenvalue weighted by Crippen LogP contribution is 2.12. The van der Waals surface area contributed by atoms with Crippen LogP contribution >= 0.6 is 0 Å². The topological polar surface area (TPSA) is 38.3 Å². The fraction of sp³-hybridized carbons (Fsp3) is 0.462. The number of carbonyl (C=O) groups is 1. The number of benzene rings is 1. The Labute approximate surface area is 96.8 Å². The standard InChI is InChI=1S/C13H19NO2/c1-4-6-10(2)14-13(15)11-7-5-8-12(9-11)16-3/h5,7-10H,4,6H2,1-3H3,(H,14,15). The van der Waals surface area contributed by atoms with Gasteiger partial charge in [0.15, 0.2) is 0 Å². The van der Waals surface area contributed by atoms with Crippen LogP contribution in [0.5, 0.6) is 5.75 Å². The number of carbonyl (C=O) groups excluding carboxylic acids is 1. The first-order chi connectivity index (χ1) is 7.67. The van der Waals surface area contributed by atoms with Gasteiger partial charge in [0.05, 0.1) is 7.11 Å². The molecule has 1 atom stereocenters. The lowest BCUT2D eigenvalue weighted by molar-refractivity contribution is 0.0938. The Bertz CT molecular complexity index is 350. The van der Waals surface area contributed by atoms with Crippen molar-refractivity contribution in [2.24, 2.45) is 0 Å². The van der Waals surface area contributed by atoms with Gasteiger partial charge in [0, 0.05) is 11.6 Å². The van der Waals surface area contributed by atoms with E-state index in [-0.39, 0.29) is 11.9 Å². The summed E-state index contributed by atoms with van der Waals surface area (Å²) in [6, 6.07) is 7.39. The second kappa shape index (κ2) is 6.16. The first-order valence-corrected chi connectivity index (χ1v) is 5.62. The molecule has 3 nitrogen and oxygen atoms in total. The van der Waals surface area contributed by atoms with Crippen molar-refractivity contribution >= 4 is 5.91 Å². The van der Waals surface area contributed by atoms with Crippen LogP contribution in [-0.4, -0.2) is 19.1 Å². The summed E-state index contributed by atoms with van der Waals surface area (Å²) in [6.45, 7) is 4.12. The number of ether oxygens (including phenoxy) is 1. The number of hydrogen-bond donors (Lipinski definition) is 1. The predicted octanol–water partition coefficient (Wildman–Crippen LogP) is 2.61. The quantitative estimate of drug-likeness (QED) is 0.830. The van der Waals surface area contributed by atoms with Crippen LogP contribution < -0.4 is 10.1 Å². The van der Waals surface area contributed by atoms with Crippen LogP contribution in [0.25, 0.3) is 0 Å². The van der Waals surface area contributed by atoms with Crippen LogP contribution in [0.15, 0.2) is 24.3 Å². The van der Waals surface area contributed by atoms with E-state index in [4.69, 9.17) is 4.74 Å². The molecule has 0 aliphatic heterocycles. The van der Waals surface area contributed by atoms with Gasteiger partial charge in [0.1, 0.15) is 5.75 Å². The summed E-state index contributed by atoms with van der Waals surface area (Å²) in [5.74, 6) is 0.663. The summed E-state index contributed by atoms with van der Waals surface area (Å²) in [7, 11) is 1.59. The monoisotopic (exact) mass is 221 g/mol. The molecule has 0 aliphatic carbocycles. The lowest BCUT2D eigenvalue weighted by Gasteiger charge is -2.13. The van der Waals surface area contributed by atoms with Gasteiger partial charge in [-0.3, -0.25) is 4.79 Å². The Morgan fingerprint density at radius 2 is 2.25 bits per heavy atom. The maximum absolute atomic E-state index is 11.8. The van der Waals surface area contributed by atoms with E-state index in [1.54, 1.807) is 19.2 Å². The van der Waals surface area contributed by atoms with Crippen molar-refractivity contribution in [2.75, 3.05) is 7.11 Å². The SMILES string of the molecule is CCCC(C)NC(=O)c1cccc(OC)c1. The van der Waals surface area contributed by atoms with Gasteiger partial charge in [-0.15, -0.1) is 0 Å². The molecule has 0 bridgehead atoms. The molecule has 0 saturated carbocycles. The molecular formula is C13H19NO2. The van der Waals surface area contributed by atoms with E-state index < -0.39 is 0 Å².